The molecule has 0 aliphatic carbocycles. The molecule has 6 heteroatoms. The minimum absolute atomic E-state index is 0.0761. The average Bonchev–Trinajstić information content (AvgIpc) is 2.30. The topological polar surface area (TPSA) is 78.4 Å². The first kappa shape index (κ1) is 16.3. The van der Waals surface area contributed by atoms with Crippen molar-refractivity contribution in [2.45, 2.75) is 32.7 Å². The summed E-state index contributed by atoms with van der Waals surface area (Å²) in [5, 5.41) is 14.8. The third-order valence-corrected chi connectivity index (χ3v) is 2.66. The highest BCUT2D eigenvalue weighted by molar-refractivity contribution is 6.32. The van der Waals surface area contributed by atoms with E-state index >= 15 is 0 Å². The van der Waals surface area contributed by atoms with E-state index in [-0.39, 0.29) is 41.1 Å². The summed E-state index contributed by atoms with van der Waals surface area (Å²) in [5.41, 5.74) is 0.0509. The number of carbonyl (C=O) groups excluding carboxylic acids is 2. The van der Waals surface area contributed by atoms with Crippen LogP contribution in [0.5, 0.6) is 5.75 Å². The van der Waals surface area contributed by atoms with Gasteiger partial charge in [-0.2, -0.15) is 0 Å². The molecule has 0 aromatic heterocycles. The molecule has 0 atom stereocenters. The zero-order valence-electron chi connectivity index (χ0n) is 11.8. The first-order chi connectivity index (χ1) is 9.19. The highest BCUT2D eigenvalue weighted by Crippen LogP contribution is 2.23. The summed E-state index contributed by atoms with van der Waals surface area (Å²) >= 11 is 5.72. The molecule has 0 aliphatic rings. The van der Waals surface area contributed by atoms with E-state index in [1.165, 1.54) is 18.2 Å². The average molecular weight is 299 g/mol. The summed E-state index contributed by atoms with van der Waals surface area (Å²) in [7, 11) is 0. The van der Waals surface area contributed by atoms with Crippen molar-refractivity contribution in [3.8, 4) is 5.75 Å². The fraction of sp³-hybridized carbons (Fsp3) is 0.429. The number of halogens is 1. The SMILES string of the molecule is CC(C)(C)NC(=O)CCNC(=O)c1ccc(O)c(Cl)c1. The Morgan fingerprint density at radius 2 is 1.95 bits per heavy atom. The van der Waals surface area contributed by atoms with Gasteiger partial charge < -0.3 is 15.7 Å². The van der Waals surface area contributed by atoms with Crippen molar-refractivity contribution in [2.24, 2.45) is 0 Å². The van der Waals surface area contributed by atoms with E-state index in [0.29, 0.717) is 5.56 Å². The van der Waals surface area contributed by atoms with Crippen molar-refractivity contribution in [3.05, 3.63) is 28.8 Å². The fourth-order valence-electron chi connectivity index (χ4n) is 1.52. The van der Waals surface area contributed by atoms with E-state index in [2.05, 4.69) is 10.6 Å². The van der Waals surface area contributed by atoms with Crippen molar-refractivity contribution in [3.63, 3.8) is 0 Å². The minimum Gasteiger partial charge on any atom is -0.506 e. The Kier molecular flexibility index (Phi) is 5.39. The number of phenols is 1. The predicted molar refractivity (Wildman–Crippen MR) is 78.0 cm³/mol. The number of aromatic hydroxyl groups is 1. The quantitative estimate of drug-likeness (QED) is 0.796. The van der Waals surface area contributed by atoms with E-state index in [0.717, 1.165) is 0 Å². The number of phenolic OH excluding ortho intramolecular Hbond substituents is 1. The van der Waals surface area contributed by atoms with E-state index in [4.69, 9.17) is 11.6 Å². The Balaban J connectivity index is 2.44. The number of amides is 2. The molecule has 20 heavy (non-hydrogen) atoms. The zero-order chi connectivity index (χ0) is 15.3. The van der Waals surface area contributed by atoms with Gasteiger partial charge in [-0.25, -0.2) is 0 Å². The Labute approximate surface area is 123 Å². The van der Waals surface area contributed by atoms with Crippen LogP contribution in [0.4, 0.5) is 0 Å². The molecular formula is C14H19ClN2O3. The van der Waals surface area contributed by atoms with Crippen LogP contribution in [0, 0.1) is 0 Å². The van der Waals surface area contributed by atoms with Gasteiger partial charge in [-0.1, -0.05) is 11.6 Å². The lowest BCUT2D eigenvalue weighted by Crippen LogP contribution is -2.41. The second-order valence-electron chi connectivity index (χ2n) is 5.47. The monoisotopic (exact) mass is 298 g/mol. The molecule has 0 bridgehead atoms. The highest BCUT2D eigenvalue weighted by Gasteiger charge is 2.14. The molecule has 0 spiro atoms. The van der Waals surface area contributed by atoms with Crippen LogP contribution in [0.1, 0.15) is 37.6 Å². The van der Waals surface area contributed by atoms with E-state index < -0.39 is 0 Å². The molecule has 2 amide bonds. The van der Waals surface area contributed by atoms with Gasteiger partial charge in [0, 0.05) is 24.1 Å². The molecular weight excluding hydrogens is 280 g/mol. The summed E-state index contributed by atoms with van der Waals surface area (Å²) in [4.78, 5) is 23.4. The molecule has 5 nitrogen and oxygen atoms in total. The van der Waals surface area contributed by atoms with Crippen LogP contribution >= 0.6 is 11.6 Å². The lowest BCUT2D eigenvalue weighted by molar-refractivity contribution is -0.122. The summed E-state index contributed by atoms with van der Waals surface area (Å²) in [5.74, 6) is -0.537. The van der Waals surface area contributed by atoms with Crippen LogP contribution in [0.2, 0.25) is 5.02 Å². The Morgan fingerprint density at radius 3 is 2.50 bits per heavy atom. The van der Waals surface area contributed by atoms with Gasteiger partial charge >= 0.3 is 0 Å². The molecule has 1 rings (SSSR count). The van der Waals surface area contributed by atoms with Gasteiger partial charge in [0.1, 0.15) is 5.75 Å². The van der Waals surface area contributed by atoms with Gasteiger partial charge in [0.2, 0.25) is 5.91 Å². The molecule has 0 radical (unpaired) electrons. The number of hydrogen-bond acceptors (Lipinski definition) is 3. The normalized spacial score (nSPS) is 11.0. The second kappa shape index (κ2) is 6.61. The predicted octanol–water partition coefficient (Wildman–Crippen LogP) is 2.08. The number of rotatable bonds is 4. The molecule has 0 heterocycles. The molecule has 1 aromatic rings. The molecule has 1 aromatic carbocycles. The molecule has 0 saturated heterocycles. The van der Waals surface area contributed by atoms with Crippen LogP contribution in [0.15, 0.2) is 18.2 Å². The molecule has 0 saturated carbocycles. The summed E-state index contributed by atoms with van der Waals surface area (Å²) in [6.45, 7) is 5.91. The van der Waals surface area contributed by atoms with Crippen molar-refractivity contribution in [1.82, 2.24) is 10.6 Å². The van der Waals surface area contributed by atoms with E-state index in [1.54, 1.807) is 0 Å². The number of nitrogens with one attached hydrogen (secondary N) is 2. The van der Waals surface area contributed by atoms with Crippen molar-refractivity contribution < 1.29 is 14.7 Å². The van der Waals surface area contributed by atoms with Crippen LogP contribution in [-0.2, 0) is 4.79 Å². The van der Waals surface area contributed by atoms with Crippen molar-refractivity contribution in [2.75, 3.05) is 6.54 Å². The lowest BCUT2D eigenvalue weighted by atomic mass is 10.1. The van der Waals surface area contributed by atoms with Crippen LogP contribution < -0.4 is 10.6 Å². The third-order valence-electron chi connectivity index (χ3n) is 2.36. The molecule has 0 aliphatic heterocycles. The van der Waals surface area contributed by atoms with Gasteiger partial charge in [-0.3, -0.25) is 9.59 Å². The zero-order valence-corrected chi connectivity index (χ0v) is 12.5. The largest absolute Gasteiger partial charge is 0.506 e. The Bertz CT molecular complexity index is 510. The van der Waals surface area contributed by atoms with Gasteiger partial charge in [-0.05, 0) is 39.0 Å². The Morgan fingerprint density at radius 1 is 1.30 bits per heavy atom. The second-order valence-corrected chi connectivity index (χ2v) is 5.88. The number of carbonyl (C=O) groups is 2. The standard InChI is InChI=1S/C14H19ClN2O3/c1-14(2,3)17-12(19)6-7-16-13(20)9-4-5-11(18)10(15)8-9/h4-5,8,18H,6-7H2,1-3H3,(H,16,20)(H,17,19). The van der Waals surface area contributed by atoms with E-state index in [9.17, 15) is 14.7 Å². The van der Waals surface area contributed by atoms with Crippen molar-refractivity contribution >= 4 is 23.4 Å². The maximum absolute atomic E-state index is 11.8. The highest BCUT2D eigenvalue weighted by atomic mass is 35.5. The van der Waals surface area contributed by atoms with Crippen LogP contribution in [0.25, 0.3) is 0 Å². The smallest absolute Gasteiger partial charge is 0.251 e. The summed E-state index contributed by atoms with van der Waals surface area (Å²) < 4.78 is 0. The first-order valence-electron chi connectivity index (χ1n) is 6.27. The summed E-state index contributed by atoms with van der Waals surface area (Å²) in [6.07, 6.45) is 0.203. The third kappa shape index (κ3) is 5.48. The maximum atomic E-state index is 11.8. The maximum Gasteiger partial charge on any atom is 0.251 e. The number of hydrogen-bond donors (Lipinski definition) is 3. The summed E-state index contributed by atoms with van der Waals surface area (Å²) in [6, 6.07) is 4.19. The van der Waals surface area contributed by atoms with Crippen LogP contribution in [-0.4, -0.2) is 29.0 Å². The van der Waals surface area contributed by atoms with E-state index in [1.807, 2.05) is 20.8 Å². The molecule has 0 unspecified atom stereocenters. The van der Waals surface area contributed by atoms with Gasteiger partial charge in [0.15, 0.2) is 0 Å². The van der Waals surface area contributed by atoms with Gasteiger partial charge in [-0.15, -0.1) is 0 Å². The first-order valence-corrected chi connectivity index (χ1v) is 6.64. The van der Waals surface area contributed by atoms with Gasteiger partial charge in [0.05, 0.1) is 5.02 Å². The van der Waals surface area contributed by atoms with Crippen LogP contribution in [0.3, 0.4) is 0 Å². The van der Waals surface area contributed by atoms with Gasteiger partial charge in [0.25, 0.3) is 5.91 Å². The van der Waals surface area contributed by atoms with Crippen molar-refractivity contribution in [1.29, 1.82) is 0 Å². The fourth-order valence-corrected chi connectivity index (χ4v) is 1.70. The lowest BCUT2D eigenvalue weighted by Gasteiger charge is -2.20. The number of benzene rings is 1. The molecule has 3 N–H and O–H groups in total. The molecule has 110 valence electrons. The molecule has 0 fully saturated rings. The minimum atomic E-state index is -0.338. The Hall–Kier alpha value is -1.75.